The molecule has 0 aliphatic heterocycles. The second-order valence-corrected chi connectivity index (χ2v) is 2.68. The number of carboxylic acids is 2. The summed E-state index contributed by atoms with van der Waals surface area (Å²) in [7, 11) is 0. The fourth-order valence-electron chi connectivity index (χ4n) is 0.608. The largest absolute Gasteiger partial charge is 0.481 e. The Morgan fingerprint density at radius 2 is 1.19 bits per heavy atom. The molecule has 0 saturated carbocycles. The maximum Gasteiger partial charge on any atom is 0.305 e. The predicted octanol–water partition coefficient (Wildman–Crippen LogP) is 0.995. The van der Waals surface area contributed by atoms with Crippen molar-refractivity contribution in [2.24, 2.45) is 0 Å². The highest BCUT2D eigenvalue weighted by Gasteiger charge is 1.93. The van der Waals surface area contributed by atoms with E-state index in [9.17, 15) is 9.59 Å². The van der Waals surface area contributed by atoms with Gasteiger partial charge in [0.2, 0.25) is 0 Å². The molecule has 0 bridgehead atoms. The van der Waals surface area contributed by atoms with Crippen molar-refractivity contribution in [3.05, 3.63) is 0 Å². The Labute approximate surface area is 95.2 Å². The third kappa shape index (κ3) is 23.0. The molecule has 0 atom stereocenters. The van der Waals surface area contributed by atoms with Gasteiger partial charge in [0, 0.05) is 13.2 Å². The predicted molar refractivity (Wildman–Crippen MR) is 57.5 cm³/mol. The summed E-state index contributed by atoms with van der Waals surface area (Å²) in [6.07, 6.45) is 0.210. The fraction of sp³-hybridized carbons (Fsp3) is 0.800. The number of aliphatic carboxylic acids is 2. The van der Waals surface area contributed by atoms with Crippen molar-refractivity contribution in [1.29, 1.82) is 0 Å². The maximum atomic E-state index is 9.79. The minimum atomic E-state index is -0.807. The van der Waals surface area contributed by atoms with Gasteiger partial charge in [-0.3, -0.25) is 9.59 Å². The van der Waals surface area contributed by atoms with Crippen molar-refractivity contribution in [2.45, 2.75) is 26.7 Å². The van der Waals surface area contributed by atoms with Crippen LogP contribution in [0.1, 0.15) is 26.7 Å². The molecule has 0 unspecified atom stereocenters. The van der Waals surface area contributed by atoms with Crippen molar-refractivity contribution < 1.29 is 29.3 Å². The quantitative estimate of drug-likeness (QED) is 0.610. The summed E-state index contributed by atoms with van der Waals surface area (Å²) in [6, 6.07) is 0. The van der Waals surface area contributed by atoms with Gasteiger partial charge in [-0.2, -0.15) is 0 Å². The third-order valence-electron chi connectivity index (χ3n) is 1.33. The van der Waals surface area contributed by atoms with Crippen LogP contribution in [0, 0.1) is 0 Å². The van der Waals surface area contributed by atoms with E-state index >= 15 is 0 Å². The molecule has 0 amide bonds. The normalized spacial score (nSPS) is 9.12. The molecule has 96 valence electrons. The average Bonchev–Trinajstić information content (AvgIpc) is 2.18. The summed E-state index contributed by atoms with van der Waals surface area (Å²) in [6.45, 7) is 5.50. The molecule has 0 aromatic heterocycles. The Morgan fingerprint density at radius 1 is 0.875 bits per heavy atom. The molecule has 0 saturated heterocycles. The van der Waals surface area contributed by atoms with Gasteiger partial charge in [0.1, 0.15) is 0 Å². The molecule has 16 heavy (non-hydrogen) atoms. The first-order chi connectivity index (χ1) is 7.54. The number of hydrogen-bond donors (Lipinski definition) is 2. The lowest BCUT2D eigenvalue weighted by atomic mass is 10.5. The minimum Gasteiger partial charge on any atom is -0.481 e. The molecule has 0 aromatic carbocycles. The second-order valence-electron chi connectivity index (χ2n) is 2.68. The van der Waals surface area contributed by atoms with E-state index < -0.39 is 11.9 Å². The standard InChI is InChI=1S/2C5H10O3/c2*1-2-8-4-3-5(6)7/h2*2-4H2,1H3,(H,6,7). The van der Waals surface area contributed by atoms with Crippen molar-refractivity contribution in [3.8, 4) is 0 Å². The summed E-state index contributed by atoms with van der Waals surface area (Å²) < 4.78 is 9.53. The molecule has 0 fully saturated rings. The molecule has 6 nitrogen and oxygen atoms in total. The lowest BCUT2D eigenvalue weighted by molar-refractivity contribution is -0.139. The Hall–Kier alpha value is -1.14. The van der Waals surface area contributed by atoms with Crippen LogP contribution >= 0.6 is 0 Å². The fourth-order valence-corrected chi connectivity index (χ4v) is 0.608. The van der Waals surface area contributed by atoms with Crippen LogP contribution in [0.2, 0.25) is 0 Å². The topological polar surface area (TPSA) is 93.1 Å². The van der Waals surface area contributed by atoms with Crippen LogP contribution in [0.5, 0.6) is 0 Å². The van der Waals surface area contributed by atoms with Crippen LogP contribution in [0.25, 0.3) is 0 Å². The smallest absolute Gasteiger partial charge is 0.305 e. The van der Waals surface area contributed by atoms with E-state index in [1.54, 1.807) is 0 Å². The van der Waals surface area contributed by atoms with Crippen LogP contribution in [0.3, 0.4) is 0 Å². The summed E-state index contributed by atoms with van der Waals surface area (Å²) >= 11 is 0. The maximum absolute atomic E-state index is 9.79. The molecule has 0 aromatic rings. The van der Waals surface area contributed by atoms with E-state index in [1.807, 2.05) is 13.8 Å². The summed E-state index contributed by atoms with van der Waals surface area (Å²) in [5.74, 6) is -1.61. The molecular weight excluding hydrogens is 216 g/mol. The van der Waals surface area contributed by atoms with Crippen LogP contribution in [0.4, 0.5) is 0 Å². The van der Waals surface area contributed by atoms with Gasteiger partial charge >= 0.3 is 11.9 Å². The molecule has 6 heteroatoms. The minimum absolute atomic E-state index is 0.105. The van der Waals surface area contributed by atoms with Gasteiger partial charge in [0.25, 0.3) is 0 Å². The SMILES string of the molecule is CCOCCC(=O)O.CCOCCC(=O)O. The molecule has 0 aliphatic carbocycles. The van der Waals surface area contributed by atoms with Crippen LogP contribution < -0.4 is 0 Å². The van der Waals surface area contributed by atoms with Crippen LogP contribution in [-0.4, -0.2) is 48.6 Å². The zero-order valence-electron chi connectivity index (χ0n) is 9.77. The zero-order chi connectivity index (χ0) is 12.8. The highest BCUT2D eigenvalue weighted by molar-refractivity contribution is 5.66. The second kappa shape index (κ2) is 13.9. The van der Waals surface area contributed by atoms with Crippen LogP contribution in [0.15, 0.2) is 0 Å². The molecule has 0 rings (SSSR count). The molecule has 0 spiro atoms. The first kappa shape index (κ1) is 17.3. The van der Waals surface area contributed by atoms with Crippen molar-refractivity contribution in [1.82, 2.24) is 0 Å². The number of carboxylic acid groups (broad SMARTS) is 2. The number of ether oxygens (including phenoxy) is 2. The third-order valence-corrected chi connectivity index (χ3v) is 1.33. The van der Waals surface area contributed by atoms with Gasteiger partial charge < -0.3 is 19.7 Å². The van der Waals surface area contributed by atoms with E-state index in [2.05, 4.69) is 0 Å². The van der Waals surface area contributed by atoms with Crippen LogP contribution in [-0.2, 0) is 19.1 Å². The molecule has 0 heterocycles. The van der Waals surface area contributed by atoms with E-state index in [0.717, 1.165) is 0 Å². The van der Waals surface area contributed by atoms with Gasteiger partial charge in [0.05, 0.1) is 26.1 Å². The average molecular weight is 236 g/mol. The Bertz CT molecular complexity index is 160. The van der Waals surface area contributed by atoms with Gasteiger partial charge in [-0.05, 0) is 13.8 Å². The highest BCUT2D eigenvalue weighted by atomic mass is 16.5. The Balaban J connectivity index is 0. The number of rotatable bonds is 8. The van der Waals surface area contributed by atoms with E-state index in [0.29, 0.717) is 26.4 Å². The number of hydrogen-bond acceptors (Lipinski definition) is 4. The molecule has 0 aliphatic rings. The van der Waals surface area contributed by atoms with Gasteiger partial charge in [0.15, 0.2) is 0 Å². The van der Waals surface area contributed by atoms with E-state index in [-0.39, 0.29) is 12.8 Å². The summed E-state index contributed by atoms with van der Waals surface area (Å²) in [4.78, 5) is 19.6. The Kier molecular flexibility index (Phi) is 15.0. The highest BCUT2D eigenvalue weighted by Crippen LogP contribution is 1.80. The molecule has 2 N–H and O–H groups in total. The lowest BCUT2D eigenvalue weighted by Gasteiger charge is -1.93. The first-order valence-corrected chi connectivity index (χ1v) is 5.13. The molecular formula is C10H20O6. The van der Waals surface area contributed by atoms with Crippen molar-refractivity contribution in [2.75, 3.05) is 26.4 Å². The van der Waals surface area contributed by atoms with Gasteiger partial charge in [-0.15, -0.1) is 0 Å². The first-order valence-electron chi connectivity index (χ1n) is 5.13. The number of carbonyl (C=O) groups is 2. The van der Waals surface area contributed by atoms with E-state index in [4.69, 9.17) is 19.7 Å². The molecule has 0 radical (unpaired) electrons. The van der Waals surface area contributed by atoms with Gasteiger partial charge in [-0.25, -0.2) is 0 Å². The summed E-state index contributed by atoms with van der Waals surface area (Å²) in [5, 5.41) is 16.1. The lowest BCUT2D eigenvalue weighted by Crippen LogP contribution is -2.01. The van der Waals surface area contributed by atoms with Gasteiger partial charge in [-0.1, -0.05) is 0 Å². The monoisotopic (exact) mass is 236 g/mol. The van der Waals surface area contributed by atoms with Crippen molar-refractivity contribution in [3.63, 3.8) is 0 Å². The van der Waals surface area contributed by atoms with E-state index in [1.165, 1.54) is 0 Å². The zero-order valence-corrected chi connectivity index (χ0v) is 9.77. The summed E-state index contributed by atoms with van der Waals surface area (Å²) in [5.41, 5.74) is 0. The van der Waals surface area contributed by atoms with Crippen molar-refractivity contribution >= 4 is 11.9 Å². The Morgan fingerprint density at radius 3 is 1.38 bits per heavy atom.